The molecule has 0 spiro atoms. The molecule has 1 aliphatic heterocycles. The smallest absolute Gasteiger partial charge is 0.123 e. The summed E-state index contributed by atoms with van der Waals surface area (Å²) >= 11 is 0. The van der Waals surface area contributed by atoms with Gasteiger partial charge in [-0.25, -0.2) is 9.37 Å². The maximum absolute atomic E-state index is 13.0. The van der Waals surface area contributed by atoms with E-state index < -0.39 is 0 Å². The summed E-state index contributed by atoms with van der Waals surface area (Å²) in [5.41, 5.74) is 1.20. The Bertz CT molecular complexity index is 561. The summed E-state index contributed by atoms with van der Waals surface area (Å²) in [5.74, 6) is 0.955. The first-order chi connectivity index (χ1) is 9.78. The SMILES string of the molecule is CCCn1ccnc1CN1CC[C@@H]1c1ccc(F)cc1. The number of halogens is 1. The Hall–Kier alpha value is -1.68. The molecule has 106 valence electrons. The number of benzene rings is 1. The van der Waals surface area contributed by atoms with Crippen molar-refractivity contribution in [1.82, 2.24) is 14.5 Å². The second-order valence-corrected chi connectivity index (χ2v) is 5.36. The zero-order valence-corrected chi connectivity index (χ0v) is 11.8. The van der Waals surface area contributed by atoms with Crippen molar-refractivity contribution in [1.29, 1.82) is 0 Å². The minimum atomic E-state index is -0.168. The highest BCUT2D eigenvalue weighted by Gasteiger charge is 2.30. The molecule has 20 heavy (non-hydrogen) atoms. The molecule has 1 aromatic heterocycles. The molecular weight excluding hydrogens is 253 g/mol. The van der Waals surface area contributed by atoms with Crippen LogP contribution < -0.4 is 0 Å². The van der Waals surface area contributed by atoms with Crippen LogP contribution in [-0.4, -0.2) is 21.0 Å². The van der Waals surface area contributed by atoms with Gasteiger partial charge in [0.1, 0.15) is 11.6 Å². The lowest BCUT2D eigenvalue weighted by Crippen LogP contribution is -2.40. The van der Waals surface area contributed by atoms with Gasteiger partial charge in [0.05, 0.1) is 6.54 Å². The predicted molar refractivity (Wildman–Crippen MR) is 76.7 cm³/mol. The van der Waals surface area contributed by atoms with Crippen LogP contribution in [0, 0.1) is 5.82 Å². The molecule has 0 saturated carbocycles. The molecule has 1 saturated heterocycles. The Kier molecular flexibility index (Phi) is 3.83. The third-order valence-corrected chi connectivity index (χ3v) is 4.00. The summed E-state index contributed by atoms with van der Waals surface area (Å²) in [4.78, 5) is 6.86. The number of hydrogen-bond acceptors (Lipinski definition) is 2. The van der Waals surface area contributed by atoms with Gasteiger partial charge in [0, 0.05) is 31.5 Å². The summed E-state index contributed by atoms with van der Waals surface area (Å²) in [6.45, 7) is 5.15. The van der Waals surface area contributed by atoms with E-state index in [9.17, 15) is 4.39 Å². The van der Waals surface area contributed by atoms with E-state index in [1.54, 1.807) is 12.1 Å². The molecular formula is C16H20FN3. The fourth-order valence-electron chi connectivity index (χ4n) is 2.81. The fourth-order valence-corrected chi connectivity index (χ4v) is 2.81. The third-order valence-electron chi connectivity index (χ3n) is 4.00. The summed E-state index contributed by atoms with van der Waals surface area (Å²) in [6, 6.07) is 7.28. The van der Waals surface area contributed by atoms with E-state index in [4.69, 9.17) is 0 Å². The Morgan fingerprint density at radius 2 is 2.10 bits per heavy atom. The molecule has 0 amide bonds. The minimum Gasteiger partial charge on any atom is -0.334 e. The van der Waals surface area contributed by atoms with Crippen LogP contribution >= 0.6 is 0 Å². The van der Waals surface area contributed by atoms with E-state index in [2.05, 4.69) is 21.4 Å². The Balaban J connectivity index is 1.69. The number of imidazole rings is 1. The van der Waals surface area contributed by atoms with Crippen LogP contribution in [0.25, 0.3) is 0 Å². The molecule has 1 fully saturated rings. The second kappa shape index (κ2) is 5.75. The number of rotatable bonds is 5. The normalized spacial score (nSPS) is 19.0. The average Bonchev–Trinajstić information content (AvgIpc) is 2.85. The summed E-state index contributed by atoms with van der Waals surface area (Å²) < 4.78 is 15.2. The molecule has 1 aliphatic rings. The molecule has 2 heterocycles. The van der Waals surface area contributed by atoms with Gasteiger partial charge >= 0.3 is 0 Å². The van der Waals surface area contributed by atoms with Crippen molar-refractivity contribution >= 4 is 0 Å². The van der Waals surface area contributed by atoms with Crippen molar-refractivity contribution in [3.8, 4) is 0 Å². The van der Waals surface area contributed by atoms with Gasteiger partial charge in [0.15, 0.2) is 0 Å². The van der Waals surface area contributed by atoms with Crippen molar-refractivity contribution < 1.29 is 4.39 Å². The van der Waals surface area contributed by atoms with Crippen LogP contribution in [0.4, 0.5) is 4.39 Å². The van der Waals surface area contributed by atoms with Gasteiger partial charge in [-0.15, -0.1) is 0 Å². The van der Waals surface area contributed by atoms with Crippen molar-refractivity contribution in [3.63, 3.8) is 0 Å². The van der Waals surface area contributed by atoms with Crippen LogP contribution in [0.3, 0.4) is 0 Å². The van der Waals surface area contributed by atoms with E-state index in [0.29, 0.717) is 6.04 Å². The van der Waals surface area contributed by atoms with Crippen molar-refractivity contribution in [3.05, 3.63) is 53.9 Å². The molecule has 0 bridgehead atoms. The third kappa shape index (κ3) is 2.61. The number of nitrogens with zero attached hydrogens (tertiary/aromatic N) is 3. The number of aryl methyl sites for hydroxylation is 1. The summed E-state index contributed by atoms with van der Waals surface area (Å²) in [5, 5.41) is 0. The summed E-state index contributed by atoms with van der Waals surface area (Å²) in [6.07, 6.45) is 6.17. The van der Waals surface area contributed by atoms with Gasteiger partial charge in [-0.1, -0.05) is 19.1 Å². The van der Waals surface area contributed by atoms with Crippen molar-refractivity contribution in [2.24, 2.45) is 0 Å². The summed E-state index contributed by atoms with van der Waals surface area (Å²) in [7, 11) is 0. The van der Waals surface area contributed by atoms with Crippen LogP contribution in [0.1, 0.15) is 37.2 Å². The number of likely N-dealkylation sites (tertiary alicyclic amines) is 1. The van der Waals surface area contributed by atoms with Gasteiger partial charge in [-0.2, -0.15) is 0 Å². The minimum absolute atomic E-state index is 0.168. The van der Waals surface area contributed by atoms with Crippen LogP contribution in [0.2, 0.25) is 0 Å². The molecule has 0 radical (unpaired) electrons. The highest BCUT2D eigenvalue weighted by molar-refractivity contribution is 5.22. The van der Waals surface area contributed by atoms with Gasteiger partial charge in [0.25, 0.3) is 0 Å². The maximum atomic E-state index is 13.0. The van der Waals surface area contributed by atoms with Crippen molar-refractivity contribution in [2.75, 3.05) is 6.54 Å². The van der Waals surface area contributed by atoms with Gasteiger partial charge in [-0.05, 0) is 30.5 Å². The van der Waals surface area contributed by atoms with E-state index >= 15 is 0 Å². The topological polar surface area (TPSA) is 21.1 Å². The first-order valence-corrected chi connectivity index (χ1v) is 7.27. The lowest BCUT2D eigenvalue weighted by Gasteiger charge is -2.41. The van der Waals surface area contributed by atoms with Gasteiger partial charge in [-0.3, -0.25) is 4.90 Å². The molecule has 0 aliphatic carbocycles. The highest BCUT2D eigenvalue weighted by atomic mass is 19.1. The predicted octanol–water partition coefficient (Wildman–Crippen LogP) is 3.38. The van der Waals surface area contributed by atoms with Gasteiger partial charge < -0.3 is 4.57 Å². The average molecular weight is 273 g/mol. The number of hydrogen-bond donors (Lipinski definition) is 0. The lowest BCUT2D eigenvalue weighted by atomic mass is 9.95. The standard InChI is InChI=1S/C16H20FN3/c1-2-9-19-11-8-18-16(19)12-20-10-7-15(20)13-3-5-14(17)6-4-13/h3-6,8,11,15H,2,7,9-10,12H2,1H3/t15-/m1/s1. The first-order valence-electron chi connectivity index (χ1n) is 7.27. The molecule has 2 aromatic rings. The highest BCUT2D eigenvalue weighted by Crippen LogP contribution is 2.34. The van der Waals surface area contributed by atoms with Crippen LogP contribution in [0.15, 0.2) is 36.7 Å². The van der Waals surface area contributed by atoms with E-state index in [1.165, 1.54) is 5.56 Å². The largest absolute Gasteiger partial charge is 0.334 e. The Labute approximate surface area is 119 Å². The zero-order chi connectivity index (χ0) is 13.9. The molecule has 4 heteroatoms. The van der Waals surface area contributed by atoms with E-state index in [0.717, 1.165) is 38.3 Å². The monoisotopic (exact) mass is 273 g/mol. The molecule has 0 N–H and O–H groups in total. The number of aromatic nitrogens is 2. The zero-order valence-electron chi connectivity index (χ0n) is 11.8. The Morgan fingerprint density at radius 1 is 1.30 bits per heavy atom. The lowest BCUT2D eigenvalue weighted by molar-refractivity contribution is 0.0773. The fraction of sp³-hybridized carbons (Fsp3) is 0.438. The van der Waals surface area contributed by atoms with E-state index in [1.807, 2.05) is 24.5 Å². The Morgan fingerprint density at radius 3 is 2.75 bits per heavy atom. The van der Waals surface area contributed by atoms with Gasteiger partial charge in [0.2, 0.25) is 0 Å². The van der Waals surface area contributed by atoms with Crippen molar-refractivity contribution in [2.45, 2.75) is 38.9 Å². The van der Waals surface area contributed by atoms with E-state index in [-0.39, 0.29) is 5.82 Å². The molecule has 1 atom stereocenters. The molecule has 3 nitrogen and oxygen atoms in total. The molecule has 1 aromatic carbocycles. The maximum Gasteiger partial charge on any atom is 0.123 e. The quantitative estimate of drug-likeness (QED) is 0.832. The van der Waals surface area contributed by atoms with Crippen LogP contribution in [0.5, 0.6) is 0 Å². The van der Waals surface area contributed by atoms with Crippen LogP contribution in [-0.2, 0) is 13.1 Å². The first kappa shape index (κ1) is 13.3. The molecule has 0 unspecified atom stereocenters. The molecule has 3 rings (SSSR count). The second-order valence-electron chi connectivity index (χ2n) is 5.36.